The number of ether oxygens (including phenoxy) is 1. The highest BCUT2D eigenvalue weighted by Crippen LogP contribution is 2.26. The summed E-state index contributed by atoms with van der Waals surface area (Å²) in [5, 5.41) is 8.83. The van der Waals surface area contributed by atoms with Crippen LogP contribution in [-0.4, -0.2) is 28.2 Å². The summed E-state index contributed by atoms with van der Waals surface area (Å²) < 4.78 is 5.09. The fourth-order valence-electron chi connectivity index (χ4n) is 1.82. The van der Waals surface area contributed by atoms with Gasteiger partial charge >= 0.3 is 5.97 Å². The molecule has 1 aromatic heterocycles. The van der Waals surface area contributed by atoms with Crippen molar-refractivity contribution in [1.29, 1.82) is 0 Å². The summed E-state index contributed by atoms with van der Waals surface area (Å²) in [5.41, 5.74) is 1.79. The van der Waals surface area contributed by atoms with E-state index in [2.05, 4.69) is 9.97 Å². The van der Waals surface area contributed by atoms with Crippen LogP contribution in [0.15, 0.2) is 0 Å². The zero-order valence-corrected chi connectivity index (χ0v) is 8.49. The van der Waals surface area contributed by atoms with Crippen LogP contribution in [0.2, 0.25) is 0 Å². The lowest BCUT2D eigenvalue weighted by Gasteiger charge is -2.16. The zero-order chi connectivity index (χ0) is 10.8. The maximum Gasteiger partial charge on any atom is 0.374 e. The van der Waals surface area contributed by atoms with Gasteiger partial charge < -0.3 is 9.84 Å². The number of carbonyl (C=O) groups is 1. The lowest BCUT2D eigenvalue weighted by molar-refractivity contribution is 0.0681. The van der Waals surface area contributed by atoms with Gasteiger partial charge in [0.1, 0.15) is 0 Å². The molecule has 80 valence electrons. The van der Waals surface area contributed by atoms with E-state index in [1.165, 1.54) is 7.11 Å². The van der Waals surface area contributed by atoms with E-state index in [9.17, 15) is 4.79 Å². The van der Waals surface area contributed by atoms with E-state index in [1.807, 2.05) is 0 Å². The number of nitrogens with zero attached hydrogens (tertiary/aromatic N) is 2. The molecule has 15 heavy (non-hydrogen) atoms. The highest BCUT2D eigenvalue weighted by atomic mass is 16.5. The predicted octanol–water partition coefficient (Wildman–Crippen LogP) is 1.06. The molecular weight excluding hydrogens is 196 g/mol. The summed E-state index contributed by atoms with van der Waals surface area (Å²) in [6.45, 7) is 0. The molecule has 0 bridgehead atoms. The monoisotopic (exact) mass is 208 g/mol. The van der Waals surface area contributed by atoms with E-state index in [0.29, 0.717) is 5.88 Å². The highest BCUT2D eigenvalue weighted by Gasteiger charge is 2.20. The number of hydrogen-bond donors (Lipinski definition) is 1. The number of methoxy groups -OCH3 is 1. The molecule has 2 rings (SSSR count). The molecule has 1 N–H and O–H groups in total. The van der Waals surface area contributed by atoms with Gasteiger partial charge in [-0.25, -0.2) is 9.78 Å². The molecule has 0 fully saturated rings. The van der Waals surface area contributed by atoms with Gasteiger partial charge in [0, 0.05) is 5.56 Å². The Kier molecular flexibility index (Phi) is 2.53. The van der Waals surface area contributed by atoms with E-state index in [1.54, 1.807) is 0 Å². The molecule has 0 aliphatic heterocycles. The molecule has 0 amide bonds. The van der Waals surface area contributed by atoms with E-state index in [0.717, 1.165) is 36.9 Å². The number of aromatic carboxylic acids is 1. The highest BCUT2D eigenvalue weighted by molar-refractivity contribution is 5.83. The SMILES string of the molecule is COc1nc(C(=O)O)nc2c1CCCC2. The van der Waals surface area contributed by atoms with Crippen molar-refractivity contribution < 1.29 is 14.6 Å². The molecule has 1 aromatic rings. The zero-order valence-electron chi connectivity index (χ0n) is 8.49. The summed E-state index contributed by atoms with van der Waals surface area (Å²) in [6.07, 6.45) is 3.82. The summed E-state index contributed by atoms with van der Waals surface area (Å²) in [7, 11) is 1.50. The van der Waals surface area contributed by atoms with Crippen molar-refractivity contribution in [3.8, 4) is 5.88 Å². The van der Waals surface area contributed by atoms with Crippen molar-refractivity contribution in [2.24, 2.45) is 0 Å². The van der Waals surface area contributed by atoms with Crippen LogP contribution in [0.4, 0.5) is 0 Å². The van der Waals surface area contributed by atoms with Gasteiger partial charge in [-0.1, -0.05) is 0 Å². The predicted molar refractivity (Wildman–Crippen MR) is 52.2 cm³/mol. The van der Waals surface area contributed by atoms with Gasteiger partial charge in [0.25, 0.3) is 0 Å². The van der Waals surface area contributed by atoms with Crippen molar-refractivity contribution in [2.75, 3.05) is 7.11 Å². The smallest absolute Gasteiger partial charge is 0.374 e. The number of rotatable bonds is 2. The van der Waals surface area contributed by atoms with Crippen LogP contribution >= 0.6 is 0 Å². The van der Waals surface area contributed by atoms with Crippen LogP contribution in [0.3, 0.4) is 0 Å². The van der Waals surface area contributed by atoms with Gasteiger partial charge in [0.05, 0.1) is 12.8 Å². The molecule has 1 aliphatic rings. The Morgan fingerprint density at radius 1 is 1.33 bits per heavy atom. The third kappa shape index (κ3) is 1.77. The van der Waals surface area contributed by atoms with Crippen LogP contribution in [-0.2, 0) is 12.8 Å². The van der Waals surface area contributed by atoms with E-state index < -0.39 is 5.97 Å². The maximum absolute atomic E-state index is 10.8. The van der Waals surface area contributed by atoms with E-state index in [-0.39, 0.29) is 5.82 Å². The molecule has 1 aliphatic carbocycles. The quantitative estimate of drug-likeness (QED) is 0.786. The molecule has 0 atom stereocenters. The maximum atomic E-state index is 10.8. The first kappa shape index (κ1) is 9.89. The fraction of sp³-hybridized carbons (Fsp3) is 0.500. The second-order valence-corrected chi connectivity index (χ2v) is 3.49. The number of hydrogen-bond acceptors (Lipinski definition) is 4. The minimum atomic E-state index is -1.11. The lowest BCUT2D eigenvalue weighted by Crippen LogP contribution is -2.14. The standard InChI is InChI=1S/C10H12N2O3/c1-15-9-6-4-2-3-5-7(6)11-8(12-9)10(13)14/h2-5H2,1H3,(H,13,14). The molecule has 0 saturated heterocycles. The van der Waals surface area contributed by atoms with Crippen molar-refractivity contribution in [1.82, 2.24) is 9.97 Å². The molecule has 0 radical (unpaired) electrons. The van der Waals surface area contributed by atoms with Gasteiger partial charge in [0.2, 0.25) is 11.7 Å². The van der Waals surface area contributed by atoms with Gasteiger partial charge in [-0.15, -0.1) is 0 Å². The summed E-state index contributed by atoms with van der Waals surface area (Å²) in [6, 6.07) is 0. The fourth-order valence-corrected chi connectivity index (χ4v) is 1.82. The van der Waals surface area contributed by atoms with Gasteiger partial charge in [0.15, 0.2) is 0 Å². The number of carboxylic acid groups (broad SMARTS) is 1. The number of aromatic nitrogens is 2. The first-order valence-corrected chi connectivity index (χ1v) is 4.89. The summed E-state index contributed by atoms with van der Waals surface area (Å²) in [5.74, 6) is -0.869. The summed E-state index contributed by atoms with van der Waals surface area (Å²) >= 11 is 0. The third-order valence-electron chi connectivity index (χ3n) is 2.53. The Balaban J connectivity index is 2.52. The normalized spacial score (nSPS) is 14.5. The largest absolute Gasteiger partial charge is 0.481 e. The topological polar surface area (TPSA) is 72.3 Å². The second kappa shape index (κ2) is 3.84. The van der Waals surface area contributed by atoms with Gasteiger partial charge in [-0.2, -0.15) is 4.98 Å². The molecule has 1 heterocycles. The lowest BCUT2D eigenvalue weighted by atomic mass is 9.97. The molecule has 0 spiro atoms. The Morgan fingerprint density at radius 2 is 2.07 bits per heavy atom. The molecule has 5 heteroatoms. The minimum absolute atomic E-state index is 0.174. The number of aryl methyl sites for hydroxylation is 1. The van der Waals surface area contributed by atoms with E-state index >= 15 is 0 Å². The van der Waals surface area contributed by atoms with E-state index in [4.69, 9.17) is 9.84 Å². The van der Waals surface area contributed by atoms with Crippen LogP contribution in [0, 0.1) is 0 Å². The average Bonchev–Trinajstić information content (AvgIpc) is 2.27. The van der Waals surface area contributed by atoms with Crippen molar-refractivity contribution in [2.45, 2.75) is 25.7 Å². The Morgan fingerprint density at radius 3 is 2.73 bits per heavy atom. The minimum Gasteiger partial charge on any atom is -0.481 e. The average molecular weight is 208 g/mol. The van der Waals surface area contributed by atoms with Crippen molar-refractivity contribution in [3.63, 3.8) is 0 Å². The number of carboxylic acids is 1. The molecule has 0 aromatic carbocycles. The Labute approximate surface area is 87.1 Å². The first-order chi connectivity index (χ1) is 7.22. The van der Waals surface area contributed by atoms with Crippen LogP contribution in [0.1, 0.15) is 34.7 Å². The van der Waals surface area contributed by atoms with Gasteiger partial charge in [-0.05, 0) is 25.7 Å². The van der Waals surface area contributed by atoms with Gasteiger partial charge in [-0.3, -0.25) is 0 Å². The third-order valence-corrected chi connectivity index (χ3v) is 2.53. The second-order valence-electron chi connectivity index (χ2n) is 3.49. The van der Waals surface area contributed by atoms with Crippen LogP contribution in [0.5, 0.6) is 5.88 Å². The Hall–Kier alpha value is -1.65. The van der Waals surface area contributed by atoms with Crippen LogP contribution in [0.25, 0.3) is 0 Å². The number of fused-ring (bicyclic) bond motifs is 1. The van der Waals surface area contributed by atoms with Crippen molar-refractivity contribution >= 4 is 5.97 Å². The Bertz CT molecular complexity index is 387. The molecule has 0 saturated carbocycles. The molecule has 0 unspecified atom stereocenters. The summed E-state index contributed by atoms with van der Waals surface area (Å²) in [4.78, 5) is 18.7. The molecular formula is C10H12N2O3. The van der Waals surface area contributed by atoms with Crippen molar-refractivity contribution in [3.05, 3.63) is 17.1 Å². The first-order valence-electron chi connectivity index (χ1n) is 4.89. The molecule has 5 nitrogen and oxygen atoms in total. The van der Waals surface area contributed by atoms with Crippen LogP contribution < -0.4 is 4.74 Å².